The van der Waals surface area contributed by atoms with E-state index < -0.39 is 11.4 Å². The van der Waals surface area contributed by atoms with Crippen molar-refractivity contribution in [3.8, 4) is 0 Å². The predicted molar refractivity (Wildman–Crippen MR) is 92.8 cm³/mol. The van der Waals surface area contributed by atoms with Gasteiger partial charge in [-0.25, -0.2) is 0 Å². The first kappa shape index (κ1) is 19.5. The van der Waals surface area contributed by atoms with Crippen LogP contribution in [0.15, 0.2) is 24.3 Å². The largest absolute Gasteiger partial charge is 0.481 e. The first-order valence-electron chi connectivity index (χ1n) is 7.70. The zero-order chi connectivity index (χ0) is 17.5. The van der Waals surface area contributed by atoms with Crippen LogP contribution in [0, 0.1) is 11.3 Å². The Kier molecular flexibility index (Phi) is 7.52. The number of halogens is 1. The third-order valence-electron chi connectivity index (χ3n) is 3.46. The Morgan fingerprint density at radius 2 is 1.65 bits per heavy atom. The molecule has 0 aromatic heterocycles. The molecule has 1 fully saturated rings. The molecule has 1 saturated heterocycles. The van der Waals surface area contributed by atoms with Crippen LogP contribution >= 0.6 is 11.6 Å². The second-order valence-electron chi connectivity index (χ2n) is 6.58. The van der Waals surface area contributed by atoms with Gasteiger partial charge in [0.25, 0.3) is 0 Å². The fourth-order valence-electron chi connectivity index (χ4n) is 1.86. The summed E-state index contributed by atoms with van der Waals surface area (Å²) in [7, 11) is 0. The topological polar surface area (TPSA) is 78.4 Å². The van der Waals surface area contributed by atoms with Crippen molar-refractivity contribution in [2.24, 2.45) is 11.3 Å². The summed E-state index contributed by atoms with van der Waals surface area (Å²) in [5, 5.41) is 15.1. The summed E-state index contributed by atoms with van der Waals surface area (Å²) in [6, 6.07) is 7.20. The average Bonchev–Trinajstić information content (AvgIpc) is 2.50. The molecular weight excluding hydrogens is 316 g/mol. The van der Waals surface area contributed by atoms with Crippen molar-refractivity contribution in [1.82, 2.24) is 5.32 Å². The Morgan fingerprint density at radius 1 is 1.17 bits per heavy atom. The number of nitrogens with one attached hydrogen (secondary N) is 2. The predicted octanol–water partition coefficient (Wildman–Crippen LogP) is 3.40. The molecule has 1 aromatic carbocycles. The van der Waals surface area contributed by atoms with E-state index in [9.17, 15) is 9.59 Å². The van der Waals surface area contributed by atoms with Crippen LogP contribution in [-0.4, -0.2) is 30.1 Å². The number of rotatable bonds is 2. The summed E-state index contributed by atoms with van der Waals surface area (Å²) in [4.78, 5) is 21.9. The van der Waals surface area contributed by atoms with E-state index >= 15 is 0 Å². The number of carbonyl (C=O) groups is 2. The van der Waals surface area contributed by atoms with Gasteiger partial charge in [-0.3, -0.25) is 9.59 Å². The Labute approximate surface area is 142 Å². The molecule has 5 nitrogen and oxygen atoms in total. The lowest BCUT2D eigenvalue weighted by Gasteiger charge is -2.21. The van der Waals surface area contributed by atoms with Gasteiger partial charge in [-0.1, -0.05) is 11.6 Å². The van der Waals surface area contributed by atoms with Crippen molar-refractivity contribution in [3.63, 3.8) is 0 Å². The molecule has 0 atom stereocenters. The molecule has 23 heavy (non-hydrogen) atoms. The second-order valence-corrected chi connectivity index (χ2v) is 7.01. The maximum absolute atomic E-state index is 11.9. The van der Waals surface area contributed by atoms with E-state index in [0.717, 1.165) is 31.6 Å². The number of hydrogen-bond donors (Lipinski definition) is 3. The standard InChI is InChI=1S/C12H15ClN2O.C5H10O2/c13-10-1-3-11(4-2-10)15-12(16)9-5-7-14-8-6-9;1-5(2,3)4(6)7/h1-4,9,14H,5-8H2,(H,15,16);1-3H3,(H,6,7). The highest BCUT2D eigenvalue weighted by Crippen LogP contribution is 2.17. The maximum atomic E-state index is 11.9. The molecule has 0 bridgehead atoms. The van der Waals surface area contributed by atoms with E-state index in [2.05, 4.69) is 10.6 Å². The van der Waals surface area contributed by atoms with Crippen molar-refractivity contribution >= 4 is 29.2 Å². The van der Waals surface area contributed by atoms with Crippen molar-refractivity contribution in [2.75, 3.05) is 18.4 Å². The van der Waals surface area contributed by atoms with Gasteiger partial charge in [-0.05, 0) is 71.0 Å². The summed E-state index contributed by atoms with van der Waals surface area (Å²) in [5.41, 5.74) is 0.230. The lowest BCUT2D eigenvalue weighted by molar-refractivity contribution is -0.145. The summed E-state index contributed by atoms with van der Waals surface area (Å²) in [6.07, 6.45) is 1.83. The smallest absolute Gasteiger partial charge is 0.308 e. The molecule has 0 saturated carbocycles. The first-order valence-corrected chi connectivity index (χ1v) is 8.08. The van der Waals surface area contributed by atoms with Gasteiger partial charge in [0.05, 0.1) is 5.41 Å². The fourth-order valence-corrected chi connectivity index (χ4v) is 1.99. The van der Waals surface area contributed by atoms with Crippen LogP contribution in [0.1, 0.15) is 33.6 Å². The van der Waals surface area contributed by atoms with Crippen LogP contribution in [0.25, 0.3) is 0 Å². The average molecular weight is 341 g/mol. The summed E-state index contributed by atoms with van der Waals surface area (Å²) >= 11 is 5.78. The lowest BCUT2D eigenvalue weighted by atomic mass is 9.97. The van der Waals surface area contributed by atoms with Crippen LogP contribution in [0.3, 0.4) is 0 Å². The molecule has 6 heteroatoms. The molecule has 1 aliphatic rings. The van der Waals surface area contributed by atoms with E-state index in [4.69, 9.17) is 16.7 Å². The zero-order valence-electron chi connectivity index (χ0n) is 13.9. The molecule has 0 unspecified atom stereocenters. The third kappa shape index (κ3) is 7.48. The molecule has 128 valence electrons. The molecule has 2 rings (SSSR count). The van der Waals surface area contributed by atoms with E-state index in [-0.39, 0.29) is 11.8 Å². The molecule has 0 radical (unpaired) electrons. The van der Waals surface area contributed by atoms with Crippen molar-refractivity contribution < 1.29 is 14.7 Å². The summed E-state index contributed by atoms with van der Waals surface area (Å²) < 4.78 is 0. The number of benzene rings is 1. The number of anilines is 1. The van der Waals surface area contributed by atoms with Gasteiger partial charge in [0.1, 0.15) is 0 Å². The number of carboxylic acids is 1. The molecule has 0 spiro atoms. The van der Waals surface area contributed by atoms with Crippen molar-refractivity contribution in [2.45, 2.75) is 33.6 Å². The van der Waals surface area contributed by atoms with Gasteiger partial charge < -0.3 is 15.7 Å². The molecule has 0 aliphatic carbocycles. The monoisotopic (exact) mass is 340 g/mol. The first-order chi connectivity index (χ1) is 10.7. The third-order valence-corrected chi connectivity index (χ3v) is 3.72. The number of carbonyl (C=O) groups excluding carboxylic acids is 1. The Hall–Kier alpha value is -1.59. The van der Waals surface area contributed by atoms with Gasteiger partial charge in [-0.15, -0.1) is 0 Å². The van der Waals surface area contributed by atoms with E-state index in [1.54, 1.807) is 32.9 Å². The van der Waals surface area contributed by atoms with Gasteiger partial charge in [-0.2, -0.15) is 0 Å². The van der Waals surface area contributed by atoms with E-state index in [1.165, 1.54) is 0 Å². The quantitative estimate of drug-likeness (QED) is 0.771. The van der Waals surface area contributed by atoms with E-state index in [1.807, 2.05) is 12.1 Å². The lowest BCUT2D eigenvalue weighted by Crippen LogP contribution is -2.34. The van der Waals surface area contributed by atoms with Gasteiger partial charge in [0.15, 0.2) is 0 Å². The van der Waals surface area contributed by atoms with Crippen LogP contribution in [-0.2, 0) is 9.59 Å². The highest BCUT2D eigenvalue weighted by atomic mass is 35.5. The van der Waals surface area contributed by atoms with Crippen LogP contribution in [0.5, 0.6) is 0 Å². The molecule has 1 heterocycles. The van der Waals surface area contributed by atoms with Crippen LogP contribution in [0.4, 0.5) is 5.69 Å². The molecule has 3 N–H and O–H groups in total. The Morgan fingerprint density at radius 3 is 2.09 bits per heavy atom. The number of piperidine rings is 1. The SMILES string of the molecule is CC(C)(C)C(=O)O.O=C(Nc1ccc(Cl)cc1)C1CCNCC1. The maximum Gasteiger partial charge on any atom is 0.308 e. The summed E-state index contributed by atoms with van der Waals surface area (Å²) in [5.74, 6) is -0.506. The normalized spacial score (nSPS) is 15.3. The minimum Gasteiger partial charge on any atom is -0.481 e. The van der Waals surface area contributed by atoms with Crippen LogP contribution in [0.2, 0.25) is 5.02 Å². The minimum absolute atomic E-state index is 0.115. The Balaban J connectivity index is 0.000000322. The zero-order valence-corrected chi connectivity index (χ0v) is 14.6. The van der Waals surface area contributed by atoms with Gasteiger partial charge in [0, 0.05) is 16.6 Å². The fraction of sp³-hybridized carbons (Fsp3) is 0.529. The van der Waals surface area contributed by atoms with Crippen molar-refractivity contribution in [3.05, 3.63) is 29.3 Å². The molecule has 1 amide bonds. The number of amides is 1. The molecule has 1 aromatic rings. The highest BCUT2D eigenvalue weighted by Gasteiger charge is 2.20. The highest BCUT2D eigenvalue weighted by molar-refractivity contribution is 6.30. The molecular formula is C17H25ClN2O3. The number of aliphatic carboxylic acids is 1. The molecule has 1 aliphatic heterocycles. The van der Waals surface area contributed by atoms with Gasteiger partial charge in [0.2, 0.25) is 5.91 Å². The van der Waals surface area contributed by atoms with Crippen molar-refractivity contribution in [1.29, 1.82) is 0 Å². The minimum atomic E-state index is -0.757. The Bertz CT molecular complexity index is 518. The van der Waals surface area contributed by atoms with Gasteiger partial charge >= 0.3 is 5.97 Å². The number of carboxylic acid groups (broad SMARTS) is 1. The summed E-state index contributed by atoms with van der Waals surface area (Å²) in [6.45, 7) is 6.84. The second kappa shape index (κ2) is 8.89. The number of hydrogen-bond acceptors (Lipinski definition) is 3. The van der Waals surface area contributed by atoms with E-state index in [0.29, 0.717) is 5.02 Å². The van der Waals surface area contributed by atoms with Crippen LogP contribution < -0.4 is 10.6 Å².